The summed E-state index contributed by atoms with van der Waals surface area (Å²) in [7, 11) is 1.65. The first-order valence-corrected chi connectivity index (χ1v) is 11.0. The molecule has 3 aromatic carbocycles. The number of hydrogen-bond donors (Lipinski definition) is 0. The van der Waals surface area contributed by atoms with Crippen LogP contribution in [0.5, 0.6) is 17.2 Å². The van der Waals surface area contributed by atoms with E-state index in [0.29, 0.717) is 29.4 Å². The number of aryl methyl sites for hydroxylation is 1. The number of nitrogens with zero attached hydrogens (tertiary/aromatic N) is 1. The van der Waals surface area contributed by atoms with Gasteiger partial charge >= 0.3 is 0 Å². The molecule has 5 heteroatoms. The van der Waals surface area contributed by atoms with Crippen molar-refractivity contribution in [3.63, 3.8) is 0 Å². The number of fused-ring (bicyclic) bond motifs is 2. The third kappa shape index (κ3) is 3.76. The van der Waals surface area contributed by atoms with E-state index in [1.807, 2.05) is 73.8 Å². The number of ether oxygens (including phenoxy) is 3. The fourth-order valence-electron chi connectivity index (χ4n) is 4.21. The van der Waals surface area contributed by atoms with Crippen molar-refractivity contribution in [3.05, 3.63) is 94.9 Å². The molecular weight excluding hydrogens is 414 g/mol. The molecule has 0 saturated carbocycles. The Morgan fingerprint density at radius 1 is 1.06 bits per heavy atom. The topological polar surface area (TPSA) is 49.7 Å². The Morgan fingerprint density at radius 3 is 2.64 bits per heavy atom. The van der Waals surface area contributed by atoms with E-state index in [4.69, 9.17) is 14.2 Å². The van der Waals surface area contributed by atoms with Crippen LogP contribution in [-0.2, 0) is 13.2 Å². The van der Waals surface area contributed by atoms with Crippen LogP contribution in [0.4, 0.5) is 0 Å². The largest absolute Gasteiger partial charge is 0.497 e. The van der Waals surface area contributed by atoms with Gasteiger partial charge in [-0.2, -0.15) is 0 Å². The highest BCUT2D eigenvalue weighted by Gasteiger charge is 2.30. The van der Waals surface area contributed by atoms with E-state index in [0.717, 1.165) is 39.9 Å². The highest BCUT2D eigenvalue weighted by Crippen LogP contribution is 2.40. The van der Waals surface area contributed by atoms with Crippen LogP contribution in [0.15, 0.2) is 72.6 Å². The summed E-state index contributed by atoms with van der Waals surface area (Å²) in [6, 6.07) is 19.6. The molecule has 0 fully saturated rings. The number of ketones is 1. The third-order valence-corrected chi connectivity index (χ3v) is 6.02. The van der Waals surface area contributed by atoms with Crippen LogP contribution >= 0.6 is 0 Å². The molecule has 2 heterocycles. The fourth-order valence-corrected chi connectivity index (χ4v) is 4.21. The predicted molar refractivity (Wildman–Crippen MR) is 129 cm³/mol. The SMILES string of the molecule is CCn1cc(/C=C2/Oc3c(ccc(OCc4ccccc4)c3C)C2=O)c2cc(OC)ccc21. The lowest BCUT2D eigenvalue weighted by Gasteiger charge is -2.11. The Balaban J connectivity index is 1.47. The minimum Gasteiger partial charge on any atom is -0.497 e. The molecule has 4 aromatic rings. The second-order valence-corrected chi connectivity index (χ2v) is 8.03. The summed E-state index contributed by atoms with van der Waals surface area (Å²) in [5.41, 5.74) is 4.46. The lowest BCUT2D eigenvalue weighted by atomic mass is 10.1. The number of benzene rings is 3. The van der Waals surface area contributed by atoms with Crippen molar-refractivity contribution in [2.24, 2.45) is 0 Å². The smallest absolute Gasteiger partial charge is 0.231 e. The van der Waals surface area contributed by atoms with Crippen LogP contribution in [-0.4, -0.2) is 17.5 Å². The van der Waals surface area contributed by atoms with Crippen molar-refractivity contribution in [1.82, 2.24) is 4.57 Å². The summed E-state index contributed by atoms with van der Waals surface area (Å²) >= 11 is 0. The van der Waals surface area contributed by atoms with Crippen LogP contribution in [0.3, 0.4) is 0 Å². The van der Waals surface area contributed by atoms with Gasteiger partial charge in [0.1, 0.15) is 23.9 Å². The van der Waals surface area contributed by atoms with Gasteiger partial charge in [-0.1, -0.05) is 30.3 Å². The quantitative estimate of drug-likeness (QED) is 0.337. The number of allylic oxidation sites excluding steroid dienone is 1. The summed E-state index contributed by atoms with van der Waals surface area (Å²) < 4.78 is 19.6. The molecule has 0 amide bonds. The summed E-state index contributed by atoms with van der Waals surface area (Å²) in [6.45, 7) is 5.29. The van der Waals surface area contributed by atoms with Crippen molar-refractivity contribution >= 4 is 22.8 Å². The Kier molecular flexibility index (Phi) is 5.38. The van der Waals surface area contributed by atoms with Gasteiger partial charge in [-0.3, -0.25) is 4.79 Å². The molecule has 33 heavy (non-hydrogen) atoms. The summed E-state index contributed by atoms with van der Waals surface area (Å²) in [5, 5.41) is 1.01. The first-order chi connectivity index (χ1) is 16.1. The molecule has 0 spiro atoms. The van der Waals surface area contributed by atoms with Crippen LogP contribution in [0.1, 0.15) is 34.0 Å². The van der Waals surface area contributed by atoms with Crippen molar-refractivity contribution in [1.29, 1.82) is 0 Å². The first kappa shape index (κ1) is 20.9. The molecule has 166 valence electrons. The van der Waals surface area contributed by atoms with Gasteiger partial charge in [0.05, 0.1) is 12.7 Å². The molecule has 1 aliphatic rings. The maximum absolute atomic E-state index is 13.1. The first-order valence-electron chi connectivity index (χ1n) is 11.0. The zero-order chi connectivity index (χ0) is 22.9. The second-order valence-electron chi connectivity index (χ2n) is 8.03. The number of aromatic nitrogens is 1. The highest BCUT2D eigenvalue weighted by molar-refractivity contribution is 6.15. The summed E-state index contributed by atoms with van der Waals surface area (Å²) in [5.74, 6) is 2.23. The van der Waals surface area contributed by atoms with Gasteiger partial charge in [-0.25, -0.2) is 0 Å². The van der Waals surface area contributed by atoms with Crippen molar-refractivity contribution in [2.75, 3.05) is 7.11 Å². The molecule has 0 unspecified atom stereocenters. The Labute approximate surface area is 192 Å². The number of Topliss-reactive ketones (excluding diaryl/α,β-unsaturated/α-hetero) is 1. The fraction of sp³-hybridized carbons (Fsp3) is 0.179. The molecule has 0 aliphatic carbocycles. The van der Waals surface area contributed by atoms with Crippen molar-refractivity contribution < 1.29 is 19.0 Å². The molecule has 0 N–H and O–H groups in total. The van der Waals surface area contributed by atoms with E-state index in [9.17, 15) is 4.79 Å². The second kappa shape index (κ2) is 8.51. The third-order valence-electron chi connectivity index (χ3n) is 6.02. The Morgan fingerprint density at radius 2 is 1.88 bits per heavy atom. The molecule has 1 aliphatic heterocycles. The van der Waals surface area contributed by atoms with Crippen molar-refractivity contribution in [2.45, 2.75) is 27.0 Å². The molecule has 0 bridgehead atoms. The summed E-state index contributed by atoms with van der Waals surface area (Å²) in [4.78, 5) is 13.1. The van der Waals surface area contributed by atoms with Gasteiger partial charge < -0.3 is 18.8 Å². The Bertz CT molecular complexity index is 1380. The van der Waals surface area contributed by atoms with Gasteiger partial charge in [0.25, 0.3) is 0 Å². The summed E-state index contributed by atoms with van der Waals surface area (Å²) in [6.07, 6.45) is 3.86. The monoisotopic (exact) mass is 439 g/mol. The molecule has 5 rings (SSSR count). The van der Waals surface area contributed by atoms with Gasteiger partial charge in [-0.05, 0) is 55.8 Å². The minimum atomic E-state index is -0.122. The van der Waals surface area contributed by atoms with Gasteiger partial charge in [0, 0.05) is 34.8 Å². The van der Waals surface area contributed by atoms with E-state index < -0.39 is 0 Å². The molecule has 0 atom stereocenters. The van der Waals surface area contributed by atoms with Crippen molar-refractivity contribution in [3.8, 4) is 17.2 Å². The van der Waals surface area contributed by atoms with Gasteiger partial charge in [0.15, 0.2) is 5.76 Å². The number of carbonyl (C=O) groups excluding carboxylic acids is 1. The number of rotatable bonds is 6. The van der Waals surface area contributed by atoms with Crippen LogP contribution < -0.4 is 14.2 Å². The average molecular weight is 440 g/mol. The molecule has 5 nitrogen and oxygen atoms in total. The maximum Gasteiger partial charge on any atom is 0.231 e. The zero-order valence-corrected chi connectivity index (χ0v) is 18.9. The van der Waals surface area contributed by atoms with E-state index in [2.05, 4.69) is 11.5 Å². The lowest BCUT2D eigenvalue weighted by molar-refractivity contribution is 0.101. The molecule has 1 aromatic heterocycles. The number of hydrogen-bond acceptors (Lipinski definition) is 4. The Hall–Kier alpha value is -3.99. The van der Waals surface area contributed by atoms with E-state index >= 15 is 0 Å². The zero-order valence-electron chi connectivity index (χ0n) is 18.9. The molecular formula is C28H25NO4. The molecule has 0 radical (unpaired) electrons. The number of methoxy groups -OCH3 is 1. The van der Waals surface area contributed by atoms with Gasteiger partial charge in [0.2, 0.25) is 5.78 Å². The lowest BCUT2D eigenvalue weighted by Crippen LogP contribution is -1.98. The molecule has 0 saturated heterocycles. The van der Waals surface area contributed by atoms with E-state index in [1.54, 1.807) is 13.2 Å². The standard InChI is InChI=1S/C28H25NO4/c1-4-29-16-20(23-15-21(31-3)10-12-24(23)29)14-26-27(30)22-11-13-25(18(2)28(22)33-26)32-17-19-8-6-5-7-9-19/h5-16H,4,17H2,1-3H3/b26-14+. The minimum absolute atomic E-state index is 0.122. The van der Waals surface area contributed by atoms with E-state index in [-0.39, 0.29) is 5.78 Å². The van der Waals surface area contributed by atoms with E-state index in [1.165, 1.54) is 0 Å². The van der Waals surface area contributed by atoms with Crippen LogP contribution in [0, 0.1) is 6.92 Å². The van der Waals surface area contributed by atoms with Crippen LogP contribution in [0.25, 0.3) is 17.0 Å². The number of carbonyl (C=O) groups is 1. The maximum atomic E-state index is 13.1. The highest BCUT2D eigenvalue weighted by atomic mass is 16.5. The normalized spacial score (nSPS) is 13.9. The van der Waals surface area contributed by atoms with Gasteiger partial charge in [-0.15, -0.1) is 0 Å². The predicted octanol–water partition coefficient (Wildman–Crippen LogP) is 6.17. The average Bonchev–Trinajstić information content (AvgIpc) is 3.36. The van der Waals surface area contributed by atoms with Crippen LogP contribution in [0.2, 0.25) is 0 Å².